The van der Waals surface area contributed by atoms with Crippen molar-refractivity contribution in [1.29, 1.82) is 0 Å². The Bertz CT molecular complexity index is 533. The number of carbonyl (C=O) groups excluding carboxylic acids is 1. The molecule has 0 aliphatic rings. The van der Waals surface area contributed by atoms with Gasteiger partial charge in [-0.2, -0.15) is 0 Å². The quantitative estimate of drug-likeness (QED) is 0.0633. The van der Waals surface area contributed by atoms with E-state index in [9.17, 15) is 9.59 Å². The zero-order valence-corrected chi connectivity index (χ0v) is 27.2. The van der Waals surface area contributed by atoms with E-state index in [-0.39, 0.29) is 12.1 Å². The number of carboxylic acids is 1. The van der Waals surface area contributed by atoms with Gasteiger partial charge in [0.15, 0.2) is 0 Å². The fourth-order valence-corrected chi connectivity index (χ4v) is 5.66. The Morgan fingerprint density at radius 1 is 0.450 bits per heavy atom. The summed E-state index contributed by atoms with van der Waals surface area (Å²) in [5, 5.41) is 8.70. The van der Waals surface area contributed by atoms with E-state index in [4.69, 9.17) is 9.84 Å². The van der Waals surface area contributed by atoms with Crippen molar-refractivity contribution in [3.63, 3.8) is 0 Å². The largest absolute Gasteiger partial charge is 0.481 e. The van der Waals surface area contributed by atoms with E-state index in [0.717, 1.165) is 51.4 Å². The number of carboxylic acid groups (broad SMARTS) is 1. The first-order chi connectivity index (χ1) is 19.6. The highest BCUT2D eigenvalue weighted by molar-refractivity contribution is 5.69. The van der Waals surface area contributed by atoms with Gasteiger partial charge in [-0.1, -0.05) is 162 Å². The van der Waals surface area contributed by atoms with Crippen LogP contribution in [0.5, 0.6) is 0 Å². The van der Waals surface area contributed by atoms with Crippen LogP contribution in [-0.2, 0) is 14.3 Å². The number of carbonyl (C=O) groups is 2. The Kier molecular flexibility index (Phi) is 31.6. The van der Waals surface area contributed by atoms with Crippen LogP contribution in [0.15, 0.2) is 0 Å². The highest BCUT2D eigenvalue weighted by Gasteiger charge is 2.14. The molecule has 1 unspecified atom stereocenters. The van der Waals surface area contributed by atoms with Gasteiger partial charge in [-0.05, 0) is 38.5 Å². The van der Waals surface area contributed by atoms with Crippen LogP contribution < -0.4 is 0 Å². The van der Waals surface area contributed by atoms with Crippen LogP contribution in [-0.4, -0.2) is 23.1 Å². The molecule has 0 aromatic rings. The predicted molar refractivity (Wildman–Crippen MR) is 172 cm³/mol. The van der Waals surface area contributed by atoms with E-state index in [1.165, 1.54) is 135 Å². The first kappa shape index (κ1) is 38.9. The van der Waals surface area contributed by atoms with Gasteiger partial charge < -0.3 is 9.84 Å². The molecule has 0 spiro atoms. The SMILES string of the molecule is CCCCCCCCCCCCCCCCCC(=O)OC(CCCCCC)CCCCCCCCCCC(=O)O. The molecule has 4 nitrogen and oxygen atoms in total. The standard InChI is InChI=1S/C36H70O4/c1-3-5-7-9-10-11-12-13-14-15-16-17-22-25-29-33-36(39)40-34(30-26-8-6-4-2)31-27-23-20-18-19-21-24-28-32-35(37)38/h34H,3-33H2,1-2H3,(H,37,38). The third kappa shape index (κ3) is 31.5. The lowest BCUT2D eigenvalue weighted by Gasteiger charge is -2.18. The molecule has 1 atom stereocenters. The molecule has 40 heavy (non-hydrogen) atoms. The second-order valence-electron chi connectivity index (χ2n) is 12.4. The van der Waals surface area contributed by atoms with E-state index in [0.29, 0.717) is 12.8 Å². The maximum atomic E-state index is 12.5. The Morgan fingerprint density at radius 3 is 1.12 bits per heavy atom. The maximum absolute atomic E-state index is 12.5. The van der Waals surface area contributed by atoms with Crippen molar-refractivity contribution in [1.82, 2.24) is 0 Å². The fourth-order valence-electron chi connectivity index (χ4n) is 5.66. The zero-order valence-electron chi connectivity index (χ0n) is 27.2. The highest BCUT2D eigenvalue weighted by atomic mass is 16.5. The van der Waals surface area contributed by atoms with Crippen molar-refractivity contribution in [2.75, 3.05) is 0 Å². The van der Waals surface area contributed by atoms with Crippen LogP contribution in [0.1, 0.15) is 213 Å². The molecule has 238 valence electrons. The number of ether oxygens (including phenoxy) is 1. The van der Waals surface area contributed by atoms with Gasteiger partial charge in [-0.3, -0.25) is 9.59 Å². The summed E-state index contributed by atoms with van der Waals surface area (Å²) in [5.41, 5.74) is 0. The van der Waals surface area contributed by atoms with Crippen molar-refractivity contribution < 1.29 is 19.4 Å². The molecule has 0 aromatic carbocycles. The monoisotopic (exact) mass is 567 g/mol. The number of hydrogen-bond acceptors (Lipinski definition) is 3. The number of rotatable bonds is 33. The predicted octanol–water partition coefficient (Wildman–Crippen LogP) is 12.1. The second-order valence-corrected chi connectivity index (χ2v) is 12.4. The molecule has 1 N–H and O–H groups in total. The van der Waals surface area contributed by atoms with Gasteiger partial charge in [0.05, 0.1) is 0 Å². The second kappa shape index (κ2) is 32.5. The van der Waals surface area contributed by atoms with Gasteiger partial charge in [-0.15, -0.1) is 0 Å². The van der Waals surface area contributed by atoms with Gasteiger partial charge in [0.25, 0.3) is 0 Å². The van der Waals surface area contributed by atoms with Gasteiger partial charge in [-0.25, -0.2) is 0 Å². The molecular weight excluding hydrogens is 496 g/mol. The van der Waals surface area contributed by atoms with Crippen LogP contribution in [0, 0.1) is 0 Å². The number of hydrogen-bond donors (Lipinski definition) is 1. The molecule has 0 aromatic heterocycles. The summed E-state index contributed by atoms with van der Waals surface area (Å²) in [6.45, 7) is 4.52. The number of esters is 1. The van der Waals surface area contributed by atoms with Gasteiger partial charge in [0.1, 0.15) is 6.10 Å². The van der Waals surface area contributed by atoms with E-state index < -0.39 is 5.97 Å². The lowest BCUT2D eigenvalue weighted by atomic mass is 10.0. The van der Waals surface area contributed by atoms with Gasteiger partial charge in [0, 0.05) is 12.8 Å². The van der Waals surface area contributed by atoms with Crippen LogP contribution in [0.25, 0.3) is 0 Å². The smallest absolute Gasteiger partial charge is 0.306 e. The molecular formula is C36H70O4. The average molecular weight is 567 g/mol. The lowest BCUT2D eigenvalue weighted by molar-refractivity contribution is -0.150. The first-order valence-electron chi connectivity index (χ1n) is 18.0. The normalized spacial score (nSPS) is 12.1. The molecule has 0 rings (SSSR count). The van der Waals surface area contributed by atoms with Crippen molar-refractivity contribution in [3.8, 4) is 0 Å². The molecule has 0 saturated heterocycles. The molecule has 0 heterocycles. The lowest BCUT2D eigenvalue weighted by Crippen LogP contribution is -2.18. The minimum absolute atomic E-state index is 0.0246. The minimum atomic E-state index is -0.681. The maximum Gasteiger partial charge on any atom is 0.306 e. The van der Waals surface area contributed by atoms with Gasteiger partial charge >= 0.3 is 11.9 Å². The average Bonchev–Trinajstić information content (AvgIpc) is 2.93. The third-order valence-corrected chi connectivity index (χ3v) is 8.33. The first-order valence-corrected chi connectivity index (χ1v) is 18.0. The fraction of sp³-hybridized carbons (Fsp3) is 0.944. The molecule has 4 heteroatoms. The Balaban J connectivity index is 3.77. The van der Waals surface area contributed by atoms with Crippen molar-refractivity contribution in [2.45, 2.75) is 219 Å². The van der Waals surface area contributed by atoms with Crippen molar-refractivity contribution >= 4 is 11.9 Å². The summed E-state index contributed by atoms with van der Waals surface area (Å²) < 4.78 is 5.95. The molecule has 0 amide bonds. The minimum Gasteiger partial charge on any atom is -0.481 e. The van der Waals surface area contributed by atoms with Crippen LogP contribution in [0.3, 0.4) is 0 Å². The van der Waals surface area contributed by atoms with Crippen LogP contribution in [0.2, 0.25) is 0 Å². The Hall–Kier alpha value is -1.06. The van der Waals surface area contributed by atoms with E-state index in [2.05, 4.69) is 13.8 Å². The summed E-state index contributed by atoms with van der Waals surface area (Å²) in [6, 6.07) is 0. The number of unbranched alkanes of at least 4 members (excludes halogenated alkanes) is 24. The topological polar surface area (TPSA) is 63.6 Å². The molecule has 0 aliphatic heterocycles. The third-order valence-electron chi connectivity index (χ3n) is 8.33. The van der Waals surface area contributed by atoms with E-state index >= 15 is 0 Å². The summed E-state index contributed by atoms with van der Waals surface area (Å²) in [7, 11) is 0. The Morgan fingerprint density at radius 2 is 0.750 bits per heavy atom. The summed E-state index contributed by atoms with van der Waals surface area (Å²) >= 11 is 0. The highest BCUT2D eigenvalue weighted by Crippen LogP contribution is 2.19. The number of aliphatic carboxylic acids is 1. The van der Waals surface area contributed by atoms with Crippen molar-refractivity contribution in [2.24, 2.45) is 0 Å². The Labute approximate surface area is 250 Å². The summed E-state index contributed by atoms with van der Waals surface area (Å²) in [5.74, 6) is -0.656. The van der Waals surface area contributed by atoms with Crippen LogP contribution in [0.4, 0.5) is 0 Å². The molecule has 0 radical (unpaired) electrons. The molecule has 0 bridgehead atoms. The van der Waals surface area contributed by atoms with Crippen LogP contribution >= 0.6 is 0 Å². The van der Waals surface area contributed by atoms with Gasteiger partial charge in [0.2, 0.25) is 0 Å². The molecule has 0 saturated carbocycles. The molecule has 0 fully saturated rings. The summed E-state index contributed by atoms with van der Waals surface area (Å²) in [6.07, 6.45) is 37.1. The summed E-state index contributed by atoms with van der Waals surface area (Å²) in [4.78, 5) is 23.1. The van der Waals surface area contributed by atoms with Crippen molar-refractivity contribution in [3.05, 3.63) is 0 Å². The van der Waals surface area contributed by atoms with E-state index in [1.807, 2.05) is 0 Å². The van der Waals surface area contributed by atoms with E-state index in [1.54, 1.807) is 0 Å². The molecule has 0 aliphatic carbocycles. The zero-order chi connectivity index (χ0) is 29.4.